The third-order valence-electron chi connectivity index (χ3n) is 6.51. The number of aryl methyl sites for hydroxylation is 1. The molecule has 1 aliphatic heterocycles. The van der Waals surface area contributed by atoms with E-state index < -0.39 is 0 Å². The van der Waals surface area contributed by atoms with Gasteiger partial charge in [-0.05, 0) is 38.3 Å². The molecule has 9 nitrogen and oxygen atoms in total. The minimum absolute atomic E-state index is 0.0150. The Morgan fingerprint density at radius 1 is 0.943 bits per heavy atom. The highest BCUT2D eigenvalue weighted by Gasteiger charge is 2.27. The maximum atomic E-state index is 5.68. The molecule has 1 aliphatic rings. The minimum Gasteiger partial charge on any atom is -0.495 e. The van der Waals surface area contributed by atoms with Crippen molar-refractivity contribution in [3.8, 4) is 34.1 Å². The molecule has 0 saturated heterocycles. The minimum atomic E-state index is -0.0150. The van der Waals surface area contributed by atoms with Crippen LogP contribution in [0.3, 0.4) is 0 Å². The normalized spacial score (nSPS) is 15.5. The predicted molar refractivity (Wildman–Crippen MR) is 131 cm³/mol. The van der Waals surface area contributed by atoms with E-state index in [-0.39, 0.29) is 6.04 Å². The standard InChI is InChI=1S/C26H26N8O/c1-18-15-32(17-27-18)22-12-11-20(14-24(22)35-2)21-16-34(31-28-21)23-10-6-7-13-33-25(29-30-26(23)33)19-8-4-3-5-9-19/h3-5,8-9,11-12,14-17,23H,6-7,10,13H2,1-2H3. The van der Waals surface area contributed by atoms with E-state index in [0.717, 1.165) is 71.4 Å². The summed E-state index contributed by atoms with van der Waals surface area (Å²) < 4.78 is 11.8. The average Bonchev–Trinajstić information content (AvgIpc) is 3.62. The topological polar surface area (TPSA) is 88.5 Å². The second kappa shape index (κ2) is 8.83. The number of ether oxygens (including phenoxy) is 1. The lowest BCUT2D eigenvalue weighted by Gasteiger charge is -2.14. The molecular formula is C26H26N8O. The molecular weight excluding hydrogens is 440 g/mol. The molecule has 0 spiro atoms. The SMILES string of the molecule is COc1cc(-c2cn(C3CCCCn4c(-c5ccccc5)nnc43)nn2)ccc1-n1cnc(C)c1. The highest BCUT2D eigenvalue weighted by Crippen LogP contribution is 2.32. The van der Waals surface area contributed by atoms with Crippen molar-refractivity contribution in [1.29, 1.82) is 0 Å². The van der Waals surface area contributed by atoms with Crippen LogP contribution in [0.25, 0.3) is 28.3 Å². The van der Waals surface area contributed by atoms with E-state index in [9.17, 15) is 0 Å². The molecule has 1 atom stereocenters. The second-order valence-electron chi connectivity index (χ2n) is 8.80. The first-order valence-corrected chi connectivity index (χ1v) is 11.8. The summed E-state index contributed by atoms with van der Waals surface area (Å²) in [6, 6.07) is 16.2. The molecule has 6 rings (SSSR count). The summed E-state index contributed by atoms with van der Waals surface area (Å²) >= 11 is 0. The highest BCUT2D eigenvalue weighted by molar-refractivity contribution is 5.64. The summed E-state index contributed by atoms with van der Waals surface area (Å²) in [5.41, 5.74) is 4.68. The molecule has 0 fully saturated rings. The van der Waals surface area contributed by atoms with Gasteiger partial charge in [-0.2, -0.15) is 0 Å². The van der Waals surface area contributed by atoms with Gasteiger partial charge in [-0.15, -0.1) is 15.3 Å². The van der Waals surface area contributed by atoms with Gasteiger partial charge in [0.1, 0.15) is 17.5 Å². The lowest BCUT2D eigenvalue weighted by atomic mass is 10.1. The number of aromatic nitrogens is 8. The molecule has 0 amide bonds. The first kappa shape index (κ1) is 21.3. The van der Waals surface area contributed by atoms with Gasteiger partial charge >= 0.3 is 0 Å². The Bertz CT molecular complexity index is 1470. The van der Waals surface area contributed by atoms with Crippen molar-refractivity contribution >= 4 is 0 Å². The number of methoxy groups -OCH3 is 1. The first-order chi connectivity index (χ1) is 17.2. The Hall–Kier alpha value is -4.27. The van der Waals surface area contributed by atoms with Gasteiger partial charge in [0.05, 0.1) is 31.0 Å². The van der Waals surface area contributed by atoms with Crippen LogP contribution in [0.4, 0.5) is 0 Å². The van der Waals surface area contributed by atoms with E-state index in [2.05, 4.69) is 42.2 Å². The third kappa shape index (κ3) is 3.88. The summed E-state index contributed by atoms with van der Waals surface area (Å²) in [6.45, 7) is 2.86. The molecule has 0 radical (unpaired) electrons. The van der Waals surface area contributed by atoms with Crippen LogP contribution in [-0.4, -0.2) is 46.4 Å². The number of fused-ring (bicyclic) bond motifs is 1. The van der Waals surface area contributed by atoms with Crippen LogP contribution < -0.4 is 4.74 Å². The van der Waals surface area contributed by atoms with Crippen LogP contribution >= 0.6 is 0 Å². The maximum absolute atomic E-state index is 5.68. The van der Waals surface area contributed by atoms with E-state index in [1.807, 2.05) is 65.0 Å². The average molecular weight is 467 g/mol. The monoisotopic (exact) mass is 466 g/mol. The Morgan fingerprint density at radius 3 is 2.63 bits per heavy atom. The van der Waals surface area contributed by atoms with E-state index in [0.29, 0.717) is 0 Å². The van der Waals surface area contributed by atoms with E-state index >= 15 is 0 Å². The summed E-state index contributed by atoms with van der Waals surface area (Å²) in [6.07, 6.45) is 8.86. The zero-order valence-corrected chi connectivity index (χ0v) is 19.7. The summed E-state index contributed by atoms with van der Waals surface area (Å²) in [4.78, 5) is 4.32. The Labute approximate surface area is 203 Å². The molecule has 176 valence electrons. The number of nitrogens with zero attached hydrogens (tertiary/aromatic N) is 8. The maximum Gasteiger partial charge on any atom is 0.164 e. The van der Waals surface area contributed by atoms with Crippen molar-refractivity contribution < 1.29 is 4.74 Å². The zero-order chi connectivity index (χ0) is 23.8. The lowest BCUT2D eigenvalue weighted by molar-refractivity contribution is 0.413. The molecule has 0 N–H and O–H groups in total. The number of benzene rings is 2. The van der Waals surface area contributed by atoms with Crippen molar-refractivity contribution in [3.63, 3.8) is 0 Å². The molecule has 2 aromatic carbocycles. The fourth-order valence-corrected chi connectivity index (χ4v) is 4.73. The molecule has 35 heavy (non-hydrogen) atoms. The van der Waals surface area contributed by atoms with Gasteiger partial charge in [0.2, 0.25) is 0 Å². The van der Waals surface area contributed by atoms with Gasteiger partial charge < -0.3 is 13.9 Å². The Morgan fingerprint density at radius 2 is 1.83 bits per heavy atom. The van der Waals surface area contributed by atoms with Crippen LogP contribution in [0.15, 0.2) is 67.3 Å². The van der Waals surface area contributed by atoms with E-state index in [4.69, 9.17) is 4.74 Å². The summed E-state index contributed by atoms with van der Waals surface area (Å²) in [5.74, 6) is 2.58. The van der Waals surface area contributed by atoms with Crippen LogP contribution in [-0.2, 0) is 6.54 Å². The third-order valence-corrected chi connectivity index (χ3v) is 6.51. The number of imidazole rings is 1. The van der Waals surface area contributed by atoms with Crippen LogP contribution in [0.5, 0.6) is 5.75 Å². The Balaban J connectivity index is 1.34. The van der Waals surface area contributed by atoms with Crippen molar-refractivity contribution in [2.45, 2.75) is 38.8 Å². The van der Waals surface area contributed by atoms with Gasteiger partial charge in [-0.3, -0.25) is 0 Å². The van der Waals surface area contributed by atoms with Crippen molar-refractivity contribution in [2.75, 3.05) is 7.11 Å². The molecule has 0 saturated carbocycles. The van der Waals surface area contributed by atoms with Gasteiger partial charge in [0, 0.05) is 23.9 Å². The molecule has 0 bridgehead atoms. The van der Waals surface area contributed by atoms with Crippen molar-refractivity contribution in [2.24, 2.45) is 0 Å². The predicted octanol–water partition coefficient (Wildman–Crippen LogP) is 4.48. The fraction of sp³-hybridized carbons (Fsp3) is 0.269. The second-order valence-corrected chi connectivity index (χ2v) is 8.80. The quantitative estimate of drug-likeness (QED) is 0.379. The summed E-state index contributed by atoms with van der Waals surface area (Å²) in [7, 11) is 1.67. The van der Waals surface area contributed by atoms with Gasteiger partial charge in [-0.1, -0.05) is 41.6 Å². The first-order valence-electron chi connectivity index (χ1n) is 11.8. The fourth-order valence-electron chi connectivity index (χ4n) is 4.73. The van der Waals surface area contributed by atoms with Gasteiger partial charge in [-0.25, -0.2) is 9.67 Å². The number of hydrogen-bond donors (Lipinski definition) is 0. The van der Waals surface area contributed by atoms with Crippen LogP contribution in [0, 0.1) is 6.92 Å². The number of hydrogen-bond acceptors (Lipinski definition) is 6. The highest BCUT2D eigenvalue weighted by atomic mass is 16.5. The molecule has 1 unspecified atom stereocenters. The van der Waals surface area contributed by atoms with Crippen molar-refractivity contribution in [3.05, 3.63) is 78.8 Å². The van der Waals surface area contributed by atoms with Crippen LogP contribution in [0.1, 0.15) is 36.8 Å². The smallest absolute Gasteiger partial charge is 0.164 e. The molecule has 9 heteroatoms. The van der Waals surface area contributed by atoms with E-state index in [1.165, 1.54) is 0 Å². The molecule has 0 aliphatic carbocycles. The number of rotatable bonds is 5. The van der Waals surface area contributed by atoms with Crippen molar-refractivity contribution in [1.82, 2.24) is 39.3 Å². The molecule has 4 heterocycles. The largest absolute Gasteiger partial charge is 0.495 e. The van der Waals surface area contributed by atoms with Crippen LogP contribution in [0.2, 0.25) is 0 Å². The zero-order valence-electron chi connectivity index (χ0n) is 19.7. The lowest BCUT2D eigenvalue weighted by Crippen LogP contribution is -2.15. The summed E-state index contributed by atoms with van der Waals surface area (Å²) in [5, 5.41) is 18.1. The van der Waals surface area contributed by atoms with Gasteiger partial charge in [0.15, 0.2) is 11.6 Å². The van der Waals surface area contributed by atoms with E-state index in [1.54, 1.807) is 13.4 Å². The van der Waals surface area contributed by atoms with Gasteiger partial charge in [0.25, 0.3) is 0 Å². The Kier molecular flexibility index (Phi) is 5.36. The molecule has 3 aromatic heterocycles. The molecule has 5 aromatic rings.